The minimum absolute atomic E-state index is 0.0562. The van der Waals surface area contributed by atoms with E-state index in [-0.39, 0.29) is 12.1 Å². The van der Waals surface area contributed by atoms with Gasteiger partial charge in [0.2, 0.25) is 0 Å². The zero-order valence-corrected chi connectivity index (χ0v) is 13.1. The normalized spacial score (nSPS) is 10.7. The molecule has 3 rings (SSSR count). The molecule has 0 saturated carbocycles. The van der Waals surface area contributed by atoms with Crippen molar-refractivity contribution in [3.05, 3.63) is 74.8 Å². The fourth-order valence-electron chi connectivity index (χ4n) is 2.35. The number of rotatable bonds is 3. The summed E-state index contributed by atoms with van der Waals surface area (Å²) < 4.78 is 0. The average Bonchev–Trinajstić information content (AvgIpc) is 2.53. The molecule has 0 spiro atoms. The molecule has 1 aromatic carbocycles. The molecule has 0 atom stereocenters. The Morgan fingerprint density at radius 1 is 1.30 bits per heavy atom. The van der Waals surface area contributed by atoms with Crippen molar-refractivity contribution in [2.24, 2.45) is 0 Å². The van der Waals surface area contributed by atoms with E-state index < -0.39 is 11.5 Å². The van der Waals surface area contributed by atoms with E-state index in [2.05, 4.69) is 15.3 Å². The van der Waals surface area contributed by atoms with Crippen LogP contribution in [0.5, 0.6) is 0 Å². The number of amides is 1. The lowest BCUT2D eigenvalue weighted by molar-refractivity contribution is 0.0949. The van der Waals surface area contributed by atoms with E-state index in [1.165, 1.54) is 0 Å². The molecule has 0 radical (unpaired) electrons. The number of pyridine rings is 2. The van der Waals surface area contributed by atoms with Crippen molar-refractivity contribution in [1.29, 1.82) is 0 Å². The molecule has 116 valence electrons. The molecular formula is C17H14ClN3O2. The Bertz CT molecular complexity index is 950. The number of carbonyl (C=O) groups is 1. The van der Waals surface area contributed by atoms with Crippen LogP contribution in [0.1, 0.15) is 21.6 Å². The second-order valence-corrected chi connectivity index (χ2v) is 5.55. The Morgan fingerprint density at radius 3 is 2.87 bits per heavy atom. The Hall–Kier alpha value is -2.66. The van der Waals surface area contributed by atoms with E-state index in [9.17, 15) is 9.59 Å². The van der Waals surface area contributed by atoms with Crippen molar-refractivity contribution in [2.45, 2.75) is 13.5 Å². The number of hydrogen-bond donors (Lipinski definition) is 2. The molecule has 0 aliphatic heterocycles. The van der Waals surface area contributed by atoms with E-state index in [0.29, 0.717) is 10.5 Å². The third kappa shape index (κ3) is 3.10. The van der Waals surface area contributed by atoms with Gasteiger partial charge in [-0.3, -0.25) is 14.6 Å². The van der Waals surface area contributed by atoms with E-state index in [4.69, 9.17) is 11.6 Å². The van der Waals surface area contributed by atoms with Gasteiger partial charge in [-0.2, -0.15) is 0 Å². The maximum Gasteiger partial charge on any atom is 0.261 e. The Morgan fingerprint density at radius 2 is 2.09 bits per heavy atom. The van der Waals surface area contributed by atoms with Crippen LogP contribution in [0.4, 0.5) is 0 Å². The summed E-state index contributed by atoms with van der Waals surface area (Å²) in [6.45, 7) is 2.08. The molecule has 0 aliphatic carbocycles. The molecule has 0 bridgehead atoms. The number of halogens is 1. The summed E-state index contributed by atoms with van der Waals surface area (Å²) >= 11 is 6.06. The molecule has 3 aromatic rings. The Balaban J connectivity index is 1.89. The van der Waals surface area contributed by atoms with Gasteiger partial charge in [-0.1, -0.05) is 29.8 Å². The van der Waals surface area contributed by atoms with Crippen molar-refractivity contribution in [3.8, 4) is 0 Å². The summed E-state index contributed by atoms with van der Waals surface area (Å²) in [4.78, 5) is 31.3. The predicted molar refractivity (Wildman–Crippen MR) is 89.7 cm³/mol. The molecule has 0 fully saturated rings. The van der Waals surface area contributed by atoms with Crippen LogP contribution in [0.2, 0.25) is 5.02 Å². The van der Waals surface area contributed by atoms with Gasteiger partial charge in [0, 0.05) is 28.8 Å². The average molecular weight is 328 g/mol. The number of fused-ring (bicyclic) bond motifs is 1. The summed E-state index contributed by atoms with van der Waals surface area (Å²) in [6, 6.07) is 10.5. The van der Waals surface area contributed by atoms with E-state index >= 15 is 0 Å². The molecular weight excluding hydrogens is 314 g/mol. The fourth-order valence-corrected chi connectivity index (χ4v) is 2.55. The summed E-state index contributed by atoms with van der Waals surface area (Å²) in [5.74, 6) is -0.448. The number of nitrogens with one attached hydrogen (secondary N) is 2. The van der Waals surface area contributed by atoms with Crippen molar-refractivity contribution in [3.63, 3.8) is 0 Å². The first-order chi connectivity index (χ1) is 11.1. The van der Waals surface area contributed by atoms with E-state index in [1.54, 1.807) is 24.4 Å². The van der Waals surface area contributed by atoms with Crippen LogP contribution in [0.15, 0.2) is 47.4 Å². The molecule has 2 N–H and O–H groups in total. The first kappa shape index (κ1) is 15.2. The highest BCUT2D eigenvalue weighted by molar-refractivity contribution is 6.31. The van der Waals surface area contributed by atoms with Crippen molar-refractivity contribution < 1.29 is 4.79 Å². The predicted octanol–water partition coefficient (Wildman–Crippen LogP) is 2.81. The quantitative estimate of drug-likeness (QED) is 0.776. The summed E-state index contributed by atoms with van der Waals surface area (Å²) in [5.41, 5.74) is 1.82. The number of nitrogens with zero attached hydrogens (tertiary/aromatic N) is 1. The second kappa shape index (κ2) is 6.22. The molecule has 1 amide bonds. The third-order valence-electron chi connectivity index (χ3n) is 3.61. The number of H-pyrrole nitrogens is 1. The first-order valence-electron chi connectivity index (χ1n) is 7.06. The monoisotopic (exact) mass is 327 g/mol. The molecule has 2 heterocycles. The molecule has 6 heteroatoms. The highest BCUT2D eigenvalue weighted by Gasteiger charge is 2.13. The molecule has 0 aliphatic rings. The minimum Gasteiger partial charge on any atom is -0.348 e. The largest absolute Gasteiger partial charge is 0.348 e. The smallest absolute Gasteiger partial charge is 0.261 e. The van der Waals surface area contributed by atoms with Crippen molar-refractivity contribution in [2.75, 3.05) is 0 Å². The second-order valence-electron chi connectivity index (χ2n) is 5.14. The van der Waals surface area contributed by atoms with Crippen molar-refractivity contribution >= 4 is 28.4 Å². The molecule has 0 saturated heterocycles. The molecule has 5 nitrogen and oxygen atoms in total. The topological polar surface area (TPSA) is 74.8 Å². The van der Waals surface area contributed by atoms with Gasteiger partial charge in [-0.05, 0) is 30.7 Å². The van der Waals surface area contributed by atoms with Gasteiger partial charge in [0.15, 0.2) is 0 Å². The molecule has 0 unspecified atom stereocenters. The van der Waals surface area contributed by atoms with Gasteiger partial charge < -0.3 is 10.3 Å². The molecule has 23 heavy (non-hydrogen) atoms. The Labute approximate surface area is 137 Å². The van der Waals surface area contributed by atoms with Gasteiger partial charge in [-0.15, -0.1) is 0 Å². The SMILES string of the molecule is Cc1nccc2[nH]c(=O)c(C(=O)NCc3ccccc3Cl)cc12. The number of aryl methyl sites for hydroxylation is 1. The van der Waals surface area contributed by atoms with Gasteiger partial charge in [0.1, 0.15) is 5.56 Å². The summed E-state index contributed by atoms with van der Waals surface area (Å²) in [7, 11) is 0. The highest BCUT2D eigenvalue weighted by Crippen LogP contribution is 2.15. The summed E-state index contributed by atoms with van der Waals surface area (Å²) in [6.07, 6.45) is 1.62. The van der Waals surface area contributed by atoms with Crippen LogP contribution in [0.3, 0.4) is 0 Å². The van der Waals surface area contributed by atoms with E-state index in [0.717, 1.165) is 16.6 Å². The first-order valence-corrected chi connectivity index (χ1v) is 7.44. The third-order valence-corrected chi connectivity index (χ3v) is 3.98. The lowest BCUT2D eigenvalue weighted by Crippen LogP contribution is -2.29. The van der Waals surface area contributed by atoms with Gasteiger partial charge in [0.05, 0.1) is 5.52 Å². The maximum absolute atomic E-state index is 12.3. The van der Waals surface area contributed by atoms with Crippen LogP contribution < -0.4 is 10.9 Å². The zero-order valence-electron chi connectivity index (χ0n) is 12.4. The van der Waals surface area contributed by atoms with E-state index in [1.807, 2.05) is 25.1 Å². The number of benzene rings is 1. The fraction of sp³-hybridized carbons (Fsp3) is 0.118. The van der Waals surface area contributed by atoms with Crippen LogP contribution in [0, 0.1) is 6.92 Å². The number of aromatic nitrogens is 2. The lowest BCUT2D eigenvalue weighted by atomic mass is 10.1. The van der Waals surface area contributed by atoms with Gasteiger partial charge in [0.25, 0.3) is 11.5 Å². The standard InChI is InChI=1S/C17H14ClN3O2/c1-10-12-8-13(17(23)21-15(12)6-7-19-10)16(22)20-9-11-4-2-3-5-14(11)18/h2-8H,9H2,1H3,(H,20,22)(H,21,23). The minimum atomic E-state index is -0.448. The Kier molecular flexibility index (Phi) is 4.12. The van der Waals surface area contributed by atoms with Gasteiger partial charge >= 0.3 is 0 Å². The van der Waals surface area contributed by atoms with Crippen LogP contribution in [-0.4, -0.2) is 15.9 Å². The van der Waals surface area contributed by atoms with Crippen LogP contribution >= 0.6 is 11.6 Å². The van der Waals surface area contributed by atoms with Crippen molar-refractivity contribution in [1.82, 2.24) is 15.3 Å². The zero-order chi connectivity index (χ0) is 16.4. The number of aromatic amines is 1. The highest BCUT2D eigenvalue weighted by atomic mass is 35.5. The van der Waals surface area contributed by atoms with Crippen LogP contribution in [-0.2, 0) is 6.54 Å². The van der Waals surface area contributed by atoms with Crippen LogP contribution in [0.25, 0.3) is 10.9 Å². The number of carbonyl (C=O) groups excluding carboxylic acids is 1. The number of hydrogen-bond acceptors (Lipinski definition) is 3. The van der Waals surface area contributed by atoms with Gasteiger partial charge in [-0.25, -0.2) is 0 Å². The maximum atomic E-state index is 12.3. The summed E-state index contributed by atoms with van der Waals surface area (Å²) in [5, 5.41) is 4.03. The lowest BCUT2D eigenvalue weighted by Gasteiger charge is -2.08. The molecule has 2 aromatic heterocycles.